The van der Waals surface area contributed by atoms with Crippen LogP contribution in [0.2, 0.25) is 0 Å². The summed E-state index contributed by atoms with van der Waals surface area (Å²) in [7, 11) is 0. The normalized spacial score (nSPS) is 23.1. The molecule has 20 heavy (non-hydrogen) atoms. The van der Waals surface area contributed by atoms with Crippen LogP contribution in [0.1, 0.15) is 61.9 Å². The molecular weight excluding hydrogens is 248 g/mol. The van der Waals surface area contributed by atoms with Crippen LogP contribution in [0, 0.1) is 0 Å². The fourth-order valence-electron chi connectivity index (χ4n) is 3.04. The second kappa shape index (κ2) is 6.40. The monoisotopic (exact) mass is 274 g/mol. The van der Waals surface area contributed by atoms with E-state index in [2.05, 4.69) is 32.9 Å². The largest absolute Gasteiger partial charge is 0.332 e. The van der Waals surface area contributed by atoms with Gasteiger partial charge in [-0.15, -0.1) is 0 Å². The van der Waals surface area contributed by atoms with E-state index in [9.17, 15) is 4.79 Å². The van der Waals surface area contributed by atoms with Gasteiger partial charge in [0.1, 0.15) is 0 Å². The molecule has 1 aromatic rings. The smallest absolute Gasteiger partial charge is 0.254 e. The molecule has 0 bridgehead atoms. The number of carbonyl (C=O) groups excluding carboxylic acids is 1. The third-order valence-corrected chi connectivity index (χ3v) is 4.36. The van der Waals surface area contributed by atoms with E-state index in [1.54, 1.807) is 0 Å². The van der Waals surface area contributed by atoms with E-state index in [1.165, 1.54) is 12.0 Å². The fraction of sp³-hybridized carbons (Fsp3) is 0.588. The van der Waals surface area contributed by atoms with Crippen LogP contribution in [0.3, 0.4) is 0 Å². The maximum Gasteiger partial charge on any atom is 0.254 e. The molecule has 1 aromatic carbocycles. The van der Waals surface area contributed by atoms with E-state index >= 15 is 0 Å². The number of hydrogen-bond donors (Lipinski definition) is 1. The summed E-state index contributed by atoms with van der Waals surface area (Å²) in [5, 5.41) is 0. The standard InChI is InChI=1S/C17H26N2O/c1-12(2)14-7-9-15(10-8-14)17(20)19-13(3)5-4-6-16(19)11-18/h7-10,12-13,16H,4-6,11,18H2,1-3H3. The fourth-order valence-corrected chi connectivity index (χ4v) is 3.04. The summed E-state index contributed by atoms with van der Waals surface area (Å²) in [5.74, 6) is 0.618. The highest BCUT2D eigenvalue weighted by molar-refractivity contribution is 5.94. The number of nitrogens with zero attached hydrogens (tertiary/aromatic N) is 1. The molecule has 1 heterocycles. The van der Waals surface area contributed by atoms with Crippen molar-refractivity contribution in [2.24, 2.45) is 5.73 Å². The minimum Gasteiger partial charge on any atom is -0.332 e. The first-order valence-electron chi connectivity index (χ1n) is 7.67. The van der Waals surface area contributed by atoms with Crippen LogP contribution in [-0.2, 0) is 0 Å². The number of likely N-dealkylation sites (tertiary alicyclic amines) is 1. The topological polar surface area (TPSA) is 46.3 Å². The van der Waals surface area contributed by atoms with Gasteiger partial charge in [0.25, 0.3) is 5.91 Å². The Hall–Kier alpha value is -1.35. The van der Waals surface area contributed by atoms with Crippen molar-refractivity contribution in [2.45, 2.75) is 58.0 Å². The molecule has 3 nitrogen and oxygen atoms in total. The first-order chi connectivity index (χ1) is 9.54. The van der Waals surface area contributed by atoms with Gasteiger partial charge in [-0.3, -0.25) is 4.79 Å². The van der Waals surface area contributed by atoms with E-state index in [1.807, 2.05) is 17.0 Å². The molecule has 2 rings (SSSR count). The van der Waals surface area contributed by atoms with Crippen LogP contribution in [0.4, 0.5) is 0 Å². The number of piperidine rings is 1. The van der Waals surface area contributed by atoms with Gasteiger partial charge in [-0.25, -0.2) is 0 Å². The van der Waals surface area contributed by atoms with Crippen molar-refractivity contribution in [2.75, 3.05) is 6.54 Å². The van der Waals surface area contributed by atoms with Crippen molar-refractivity contribution in [3.05, 3.63) is 35.4 Å². The number of nitrogens with two attached hydrogens (primary N) is 1. The zero-order valence-electron chi connectivity index (χ0n) is 12.8. The molecule has 0 saturated carbocycles. The van der Waals surface area contributed by atoms with Gasteiger partial charge < -0.3 is 10.6 Å². The molecule has 3 heteroatoms. The molecule has 2 atom stereocenters. The van der Waals surface area contributed by atoms with E-state index in [-0.39, 0.29) is 18.0 Å². The van der Waals surface area contributed by atoms with Crippen LogP contribution in [-0.4, -0.2) is 29.4 Å². The van der Waals surface area contributed by atoms with Gasteiger partial charge in [0.05, 0.1) is 0 Å². The van der Waals surface area contributed by atoms with Crippen molar-refractivity contribution < 1.29 is 4.79 Å². The van der Waals surface area contributed by atoms with E-state index in [0.29, 0.717) is 12.5 Å². The summed E-state index contributed by atoms with van der Waals surface area (Å²) < 4.78 is 0. The third-order valence-electron chi connectivity index (χ3n) is 4.36. The van der Waals surface area contributed by atoms with Crippen molar-refractivity contribution >= 4 is 5.91 Å². The summed E-state index contributed by atoms with van der Waals surface area (Å²) in [6, 6.07) is 8.50. The molecule has 0 aliphatic carbocycles. The SMILES string of the molecule is CC(C)c1ccc(C(=O)N2C(C)CCCC2CN)cc1. The molecule has 110 valence electrons. The predicted octanol–water partition coefficient (Wildman–Crippen LogP) is 3.15. The second-order valence-corrected chi connectivity index (χ2v) is 6.16. The molecular formula is C17H26N2O. The average molecular weight is 274 g/mol. The number of benzene rings is 1. The predicted molar refractivity (Wildman–Crippen MR) is 82.9 cm³/mol. The first kappa shape index (κ1) is 15.0. The Balaban J connectivity index is 2.20. The number of carbonyl (C=O) groups is 1. The molecule has 0 spiro atoms. The van der Waals surface area contributed by atoms with Crippen LogP contribution in [0.25, 0.3) is 0 Å². The summed E-state index contributed by atoms with van der Waals surface area (Å²) >= 11 is 0. The van der Waals surface area contributed by atoms with Gasteiger partial charge in [0.2, 0.25) is 0 Å². The first-order valence-corrected chi connectivity index (χ1v) is 7.67. The summed E-state index contributed by atoms with van der Waals surface area (Å²) in [6.45, 7) is 7.00. The van der Waals surface area contributed by atoms with Gasteiger partial charge in [-0.1, -0.05) is 26.0 Å². The van der Waals surface area contributed by atoms with Crippen LogP contribution >= 0.6 is 0 Å². The van der Waals surface area contributed by atoms with Gasteiger partial charge in [-0.2, -0.15) is 0 Å². The molecule has 2 unspecified atom stereocenters. The van der Waals surface area contributed by atoms with E-state index in [0.717, 1.165) is 18.4 Å². The lowest BCUT2D eigenvalue weighted by Crippen LogP contribution is -2.51. The van der Waals surface area contributed by atoms with Crippen molar-refractivity contribution in [1.82, 2.24) is 4.90 Å². The third kappa shape index (κ3) is 3.04. The van der Waals surface area contributed by atoms with Crippen LogP contribution in [0.15, 0.2) is 24.3 Å². The number of hydrogen-bond acceptors (Lipinski definition) is 2. The minimum absolute atomic E-state index is 0.128. The molecule has 1 saturated heterocycles. The summed E-state index contributed by atoms with van der Waals surface area (Å²) in [4.78, 5) is 14.7. The maximum absolute atomic E-state index is 12.7. The molecule has 0 aromatic heterocycles. The number of rotatable bonds is 3. The Kier molecular flexibility index (Phi) is 4.81. The van der Waals surface area contributed by atoms with E-state index < -0.39 is 0 Å². The van der Waals surface area contributed by atoms with Crippen molar-refractivity contribution in [3.8, 4) is 0 Å². The summed E-state index contributed by atoms with van der Waals surface area (Å²) in [6.07, 6.45) is 3.27. The zero-order valence-corrected chi connectivity index (χ0v) is 12.8. The number of amides is 1. The van der Waals surface area contributed by atoms with Gasteiger partial charge >= 0.3 is 0 Å². The van der Waals surface area contributed by atoms with Crippen LogP contribution in [0.5, 0.6) is 0 Å². The molecule has 1 amide bonds. The lowest BCUT2D eigenvalue weighted by Gasteiger charge is -2.40. The Morgan fingerprint density at radius 1 is 1.30 bits per heavy atom. The van der Waals surface area contributed by atoms with Gasteiger partial charge in [0.15, 0.2) is 0 Å². The molecule has 2 N–H and O–H groups in total. The van der Waals surface area contributed by atoms with Gasteiger partial charge in [-0.05, 0) is 49.8 Å². The highest BCUT2D eigenvalue weighted by Crippen LogP contribution is 2.25. The molecule has 1 aliphatic heterocycles. The highest BCUT2D eigenvalue weighted by atomic mass is 16.2. The summed E-state index contributed by atoms with van der Waals surface area (Å²) in [5.41, 5.74) is 7.89. The molecule has 1 aliphatic rings. The zero-order chi connectivity index (χ0) is 14.7. The Morgan fingerprint density at radius 2 is 1.95 bits per heavy atom. The second-order valence-electron chi connectivity index (χ2n) is 6.16. The quantitative estimate of drug-likeness (QED) is 0.920. The Labute approximate surface area is 122 Å². The minimum atomic E-state index is 0.128. The lowest BCUT2D eigenvalue weighted by atomic mass is 9.94. The lowest BCUT2D eigenvalue weighted by molar-refractivity contribution is 0.0494. The van der Waals surface area contributed by atoms with Gasteiger partial charge in [0, 0.05) is 24.2 Å². The van der Waals surface area contributed by atoms with Crippen molar-refractivity contribution in [3.63, 3.8) is 0 Å². The highest BCUT2D eigenvalue weighted by Gasteiger charge is 2.31. The van der Waals surface area contributed by atoms with E-state index in [4.69, 9.17) is 5.73 Å². The molecule has 1 fully saturated rings. The Morgan fingerprint density at radius 3 is 2.50 bits per heavy atom. The molecule has 0 radical (unpaired) electrons. The Bertz CT molecular complexity index is 453. The van der Waals surface area contributed by atoms with Crippen molar-refractivity contribution in [1.29, 1.82) is 0 Å². The maximum atomic E-state index is 12.7. The van der Waals surface area contributed by atoms with Crippen LogP contribution < -0.4 is 5.73 Å². The average Bonchev–Trinajstić information content (AvgIpc) is 2.46.